The fourth-order valence-corrected chi connectivity index (χ4v) is 1.41. The highest BCUT2D eigenvalue weighted by atomic mass is 35.5. The largest absolute Gasteiger partial charge is 0.481 e. The van der Waals surface area contributed by atoms with Gasteiger partial charge in [0.15, 0.2) is 0 Å². The van der Waals surface area contributed by atoms with E-state index in [2.05, 4.69) is 10.6 Å². The van der Waals surface area contributed by atoms with Gasteiger partial charge in [-0.3, -0.25) is 4.79 Å². The van der Waals surface area contributed by atoms with Crippen molar-refractivity contribution in [1.29, 1.82) is 0 Å². The molecule has 0 saturated carbocycles. The molecule has 6 heteroatoms. The van der Waals surface area contributed by atoms with Crippen LogP contribution in [0.15, 0.2) is 0 Å². The summed E-state index contributed by atoms with van der Waals surface area (Å²) in [6.45, 7) is 2.65. The molecule has 4 nitrogen and oxygen atoms in total. The van der Waals surface area contributed by atoms with Crippen LogP contribution in [0.1, 0.15) is 19.3 Å². The molecule has 1 rings (SSSR count). The number of carboxylic acid groups (broad SMARTS) is 1. The molecule has 0 aromatic rings. The Bertz CT molecular complexity index is 152. The van der Waals surface area contributed by atoms with E-state index >= 15 is 0 Å². The molecule has 0 unspecified atom stereocenters. The Kier molecular flexibility index (Phi) is 11.2. The number of hydrogen-bond donors (Lipinski definition) is 3. The number of carbonyl (C=O) groups is 1. The van der Waals surface area contributed by atoms with E-state index in [-0.39, 0.29) is 31.2 Å². The molecule has 0 spiro atoms. The van der Waals surface area contributed by atoms with Crippen LogP contribution >= 0.6 is 24.8 Å². The van der Waals surface area contributed by atoms with Crippen molar-refractivity contribution in [2.45, 2.75) is 25.3 Å². The molecule has 1 aliphatic rings. The van der Waals surface area contributed by atoms with Crippen LogP contribution in [0.25, 0.3) is 0 Å². The van der Waals surface area contributed by atoms with Gasteiger partial charge in [0.1, 0.15) is 0 Å². The molecule has 0 bridgehead atoms. The fourth-order valence-electron chi connectivity index (χ4n) is 1.41. The van der Waals surface area contributed by atoms with Gasteiger partial charge in [0.2, 0.25) is 0 Å². The van der Waals surface area contributed by atoms with Crippen molar-refractivity contribution in [2.75, 3.05) is 19.6 Å². The maximum atomic E-state index is 10.2. The monoisotopic (exact) mass is 244 g/mol. The average molecular weight is 245 g/mol. The van der Waals surface area contributed by atoms with Crippen molar-refractivity contribution in [2.24, 2.45) is 0 Å². The molecule has 1 atom stereocenters. The lowest BCUT2D eigenvalue weighted by Gasteiger charge is -2.23. The summed E-state index contributed by atoms with van der Waals surface area (Å²) in [6.07, 6.45) is 2.56. The highest BCUT2D eigenvalue weighted by molar-refractivity contribution is 5.85. The summed E-state index contributed by atoms with van der Waals surface area (Å²) < 4.78 is 0. The number of piperidine rings is 1. The highest BCUT2D eigenvalue weighted by Gasteiger charge is 2.11. The third kappa shape index (κ3) is 7.38. The SMILES string of the molecule is Cl.Cl.O=C(O)CCN[C@H]1CCCNC1. The Hall–Kier alpha value is -0.0300. The van der Waals surface area contributed by atoms with Crippen LogP contribution in [0, 0.1) is 0 Å². The number of hydrogen-bond acceptors (Lipinski definition) is 3. The molecule has 3 N–H and O–H groups in total. The minimum absolute atomic E-state index is 0. The van der Waals surface area contributed by atoms with Crippen LogP contribution in [0.3, 0.4) is 0 Å². The lowest BCUT2D eigenvalue weighted by atomic mass is 10.1. The summed E-state index contributed by atoms with van der Waals surface area (Å²) in [5, 5.41) is 14.9. The van der Waals surface area contributed by atoms with Gasteiger partial charge in [0, 0.05) is 19.1 Å². The van der Waals surface area contributed by atoms with E-state index in [0.29, 0.717) is 12.6 Å². The molecule has 1 aliphatic heterocycles. The van der Waals surface area contributed by atoms with Gasteiger partial charge in [-0.15, -0.1) is 24.8 Å². The van der Waals surface area contributed by atoms with Gasteiger partial charge in [-0.25, -0.2) is 0 Å². The van der Waals surface area contributed by atoms with E-state index in [0.717, 1.165) is 19.5 Å². The lowest BCUT2D eigenvalue weighted by Crippen LogP contribution is -2.43. The zero-order valence-corrected chi connectivity index (χ0v) is 9.62. The third-order valence-corrected chi connectivity index (χ3v) is 2.07. The number of nitrogens with one attached hydrogen (secondary N) is 2. The second-order valence-electron chi connectivity index (χ2n) is 3.14. The molecule has 0 aromatic heterocycles. The van der Waals surface area contributed by atoms with Gasteiger partial charge in [0.05, 0.1) is 6.42 Å². The molecule has 0 aromatic carbocycles. The normalized spacial score (nSPS) is 20.4. The topological polar surface area (TPSA) is 61.4 Å². The minimum atomic E-state index is -0.730. The summed E-state index contributed by atoms with van der Waals surface area (Å²) in [7, 11) is 0. The van der Waals surface area contributed by atoms with Crippen molar-refractivity contribution < 1.29 is 9.90 Å². The van der Waals surface area contributed by atoms with E-state index < -0.39 is 5.97 Å². The van der Waals surface area contributed by atoms with Crippen LogP contribution in [0.5, 0.6) is 0 Å². The first-order chi connectivity index (χ1) is 5.79. The Morgan fingerprint density at radius 3 is 2.71 bits per heavy atom. The molecule has 0 radical (unpaired) electrons. The predicted octanol–water partition coefficient (Wildman–Crippen LogP) is 0.646. The van der Waals surface area contributed by atoms with Crippen LogP contribution in [-0.2, 0) is 4.79 Å². The summed E-state index contributed by atoms with van der Waals surface area (Å²) in [6, 6.07) is 0.470. The molecular weight excluding hydrogens is 227 g/mol. The summed E-state index contributed by atoms with van der Waals surface area (Å²) in [5.41, 5.74) is 0. The molecule has 0 aliphatic carbocycles. The standard InChI is InChI=1S/C8H16N2O2.2ClH/c11-8(12)3-5-10-7-2-1-4-9-6-7;;/h7,9-10H,1-6H2,(H,11,12);2*1H/t7-;;/m0../s1. The van der Waals surface area contributed by atoms with Gasteiger partial charge in [-0.2, -0.15) is 0 Å². The van der Waals surface area contributed by atoms with Gasteiger partial charge in [-0.1, -0.05) is 0 Å². The number of carboxylic acids is 1. The maximum absolute atomic E-state index is 10.2. The first-order valence-electron chi connectivity index (χ1n) is 4.45. The van der Waals surface area contributed by atoms with E-state index in [1.807, 2.05) is 0 Å². The predicted molar refractivity (Wildman–Crippen MR) is 60.6 cm³/mol. The van der Waals surface area contributed by atoms with Gasteiger partial charge >= 0.3 is 5.97 Å². The van der Waals surface area contributed by atoms with E-state index in [9.17, 15) is 4.79 Å². The Labute approximate surface area is 96.6 Å². The number of rotatable bonds is 4. The van der Waals surface area contributed by atoms with Crippen molar-refractivity contribution in [3.8, 4) is 0 Å². The van der Waals surface area contributed by atoms with Crippen molar-refractivity contribution in [3.05, 3.63) is 0 Å². The zero-order chi connectivity index (χ0) is 8.81. The summed E-state index contributed by atoms with van der Waals surface area (Å²) in [4.78, 5) is 10.2. The van der Waals surface area contributed by atoms with E-state index in [4.69, 9.17) is 5.11 Å². The average Bonchev–Trinajstić information content (AvgIpc) is 2.05. The first kappa shape index (κ1) is 16.4. The molecule has 86 valence electrons. The summed E-state index contributed by atoms with van der Waals surface area (Å²) >= 11 is 0. The second kappa shape index (κ2) is 9.52. The van der Waals surface area contributed by atoms with Crippen molar-refractivity contribution >= 4 is 30.8 Å². The van der Waals surface area contributed by atoms with Gasteiger partial charge in [-0.05, 0) is 19.4 Å². The van der Waals surface area contributed by atoms with Gasteiger partial charge < -0.3 is 15.7 Å². The quantitative estimate of drug-likeness (QED) is 0.680. The Balaban J connectivity index is 0. The fraction of sp³-hybridized carbons (Fsp3) is 0.875. The zero-order valence-electron chi connectivity index (χ0n) is 7.99. The van der Waals surface area contributed by atoms with Crippen LogP contribution in [0.4, 0.5) is 0 Å². The minimum Gasteiger partial charge on any atom is -0.481 e. The van der Waals surface area contributed by atoms with Crippen LogP contribution in [0.2, 0.25) is 0 Å². The van der Waals surface area contributed by atoms with Crippen LogP contribution < -0.4 is 10.6 Å². The molecule has 14 heavy (non-hydrogen) atoms. The molecule has 1 heterocycles. The second-order valence-corrected chi connectivity index (χ2v) is 3.14. The van der Waals surface area contributed by atoms with E-state index in [1.165, 1.54) is 6.42 Å². The highest BCUT2D eigenvalue weighted by Crippen LogP contribution is 2.00. The Morgan fingerprint density at radius 1 is 1.50 bits per heavy atom. The Morgan fingerprint density at radius 2 is 2.21 bits per heavy atom. The van der Waals surface area contributed by atoms with Crippen LogP contribution in [-0.4, -0.2) is 36.8 Å². The molecule has 0 amide bonds. The third-order valence-electron chi connectivity index (χ3n) is 2.07. The first-order valence-corrected chi connectivity index (χ1v) is 4.45. The number of halogens is 2. The molecule has 1 fully saturated rings. The van der Waals surface area contributed by atoms with Crippen molar-refractivity contribution in [1.82, 2.24) is 10.6 Å². The molecular formula is C8H18Cl2N2O2. The van der Waals surface area contributed by atoms with Crippen molar-refractivity contribution in [3.63, 3.8) is 0 Å². The lowest BCUT2D eigenvalue weighted by molar-refractivity contribution is -0.136. The number of aliphatic carboxylic acids is 1. The maximum Gasteiger partial charge on any atom is 0.304 e. The van der Waals surface area contributed by atoms with E-state index in [1.54, 1.807) is 0 Å². The summed E-state index contributed by atoms with van der Waals surface area (Å²) in [5.74, 6) is -0.730. The van der Waals surface area contributed by atoms with Gasteiger partial charge in [0.25, 0.3) is 0 Å². The molecule has 1 saturated heterocycles. The smallest absolute Gasteiger partial charge is 0.304 e.